The van der Waals surface area contributed by atoms with Gasteiger partial charge in [-0.15, -0.1) is 11.8 Å². The van der Waals surface area contributed by atoms with Gasteiger partial charge >= 0.3 is 11.9 Å². The van der Waals surface area contributed by atoms with Crippen molar-refractivity contribution in [2.24, 2.45) is 34.0 Å². The zero-order valence-electron chi connectivity index (χ0n) is 23.9. The number of thioether (sulfide) groups is 1. The van der Waals surface area contributed by atoms with E-state index >= 15 is 0 Å². The lowest BCUT2D eigenvalue weighted by atomic mass is 9.35. The van der Waals surface area contributed by atoms with Crippen LogP contribution in [0.15, 0.2) is 23.6 Å². The van der Waals surface area contributed by atoms with E-state index in [4.69, 9.17) is 18.9 Å². The topological polar surface area (TPSA) is 71.1 Å². The molecule has 8 atom stereocenters. The number of carbonyl (C=O) groups excluding carboxylic acids is 2. The Balaban J connectivity index is 1.48. The highest BCUT2D eigenvalue weighted by Crippen LogP contribution is 2.74. The van der Waals surface area contributed by atoms with Crippen LogP contribution in [0, 0.1) is 34.0 Å². The minimum absolute atomic E-state index is 0.0249. The van der Waals surface area contributed by atoms with E-state index in [1.807, 2.05) is 19.3 Å². The number of allylic oxidation sites excluding steroid dienone is 1. The maximum atomic E-state index is 12.7. The fourth-order valence-electron chi connectivity index (χ4n) is 9.23. The van der Waals surface area contributed by atoms with Crippen molar-refractivity contribution < 1.29 is 28.5 Å². The van der Waals surface area contributed by atoms with Gasteiger partial charge in [0.2, 0.25) is 0 Å². The SMILES string of the molecule is C=C1C2CCC34C(CC5C(C)(COC(=O)CSC=CCC)CCCC5(COC(C)=O)C3C2)OC(C)(C)OC14. The summed E-state index contributed by atoms with van der Waals surface area (Å²) in [6.45, 7) is 15.3. The molecule has 0 amide bonds. The Morgan fingerprint density at radius 3 is 2.61 bits per heavy atom. The van der Waals surface area contributed by atoms with Crippen LogP contribution < -0.4 is 0 Å². The Bertz CT molecular complexity index is 991. The third kappa shape index (κ3) is 4.58. The molecule has 1 spiro atoms. The average molecular weight is 547 g/mol. The molecule has 0 aromatic heterocycles. The molecule has 1 heterocycles. The number of esters is 2. The molecule has 0 radical (unpaired) electrons. The van der Waals surface area contributed by atoms with Crippen molar-refractivity contribution in [2.45, 2.75) is 104 Å². The highest BCUT2D eigenvalue weighted by atomic mass is 32.2. The van der Waals surface area contributed by atoms with E-state index < -0.39 is 5.79 Å². The van der Waals surface area contributed by atoms with Gasteiger partial charge in [0.15, 0.2) is 5.79 Å². The van der Waals surface area contributed by atoms with Crippen LogP contribution in [0.2, 0.25) is 0 Å². The van der Waals surface area contributed by atoms with Crippen molar-refractivity contribution in [3.8, 4) is 0 Å². The quantitative estimate of drug-likeness (QED) is 0.256. The summed E-state index contributed by atoms with van der Waals surface area (Å²) in [7, 11) is 0. The second-order valence-electron chi connectivity index (χ2n) is 13.3. The first-order valence-electron chi connectivity index (χ1n) is 14.6. The molecule has 8 unspecified atom stereocenters. The fourth-order valence-corrected chi connectivity index (χ4v) is 9.88. The van der Waals surface area contributed by atoms with Crippen LogP contribution in [0.25, 0.3) is 0 Å². The summed E-state index contributed by atoms with van der Waals surface area (Å²) >= 11 is 1.48. The standard InChI is InChI=1S/C31H46O6S/c1-7-8-14-38-17-26(33)35-18-29(6)11-9-12-30(19-34-21(3)32)23(29)16-25-31-13-10-22(15-24(30)31)20(2)27(31)37-28(4,5)36-25/h8,14,22-25,27H,2,7,9-13,15-19H2,1,3-6H3. The number of hydrogen-bond acceptors (Lipinski definition) is 7. The first kappa shape index (κ1) is 28.2. The summed E-state index contributed by atoms with van der Waals surface area (Å²) in [5.41, 5.74) is 0.688. The Labute approximate surface area is 232 Å². The third-order valence-electron chi connectivity index (χ3n) is 10.7. The molecule has 6 fully saturated rings. The fraction of sp³-hybridized carbons (Fsp3) is 0.806. The van der Waals surface area contributed by atoms with Gasteiger partial charge in [-0.2, -0.15) is 0 Å². The highest BCUT2D eigenvalue weighted by Gasteiger charge is 2.74. The first-order chi connectivity index (χ1) is 18.0. The van der Waals surface area contributed by atoms with Crippen LogP contribution in [0.4, 0.5) is 0 Å². The van der Waals surface area contributed by atoms with Gasteiger partial charge in [-0.1, -0.05) is 32.9 Å². The predicted octanol–water partition coefficient (Wildman–Crippen LogP) is 6.44. The van der Waals surface area contributed by atoms with Crippen LogP contribution in [0.3, 0.4) is 0 Å². The molecular weight excluding hydrogens is 500 g/mol. The van der Waals surface area contributed by atoms with Crippen molar-refractivity contribution in [3.05, 3.63) is 23.6 Å². The van der Waals surface area contributed by atoms with E-state index in [-0.39, 0.29) is 46.3 Å². The number of ether oxygens (including phenoxy) is 4. The lowest BCUT2D eigenvalue weighted by Crippen LogP contribution is -2.75. The van der Waals surface area contributed by atoms with Crippen molar-refractivity contribution in [3.63, 3.8) is 0 Å². The van der Waals surface area contributed by atoms with Crippen molar-refractivity contribution in [2.75, 3.05) is 19.0 Å². The lowest BCUT2D eigenvalue weighted by Gasteiger charge is -2.74. The van der Waals surface area contributed by atoms with Gasteiger partial charge in [0.25, 0.3) is 0 Å². The molecule has 6 rings (SSSR count). The summed E-state index contributed by atoms with van der Waals surface area (Å²) in [5, 5.41) is 1.97. The molecule has 0 N–H and O–H groups in total. The molecule has 0 aromatic rings. The first-order valence-corrected chi connectivity index (χ1v) is 15.6. The molecule has 38 heavy (non-hydrogen) atoms. The molecule has 1 aliphatic heterocycles. The van der Waals surface area contributed by atoms with Crippen LogP contribution in [-0.4, -0.2) is 48.9 Å². The van der Waals surface area contributed by atoms with E-state index in [0.29, 0.717) is 30.8 Å². The molecule has 6 nitrogen and oxygen atoms in total. The second kappa shape index (κ2) is 10.3. The minimum Gasteiger partial charge on any atom is -0.465 e. The molecule has 0 aromatic carbocycles. The van der Waals surface area contributed by atoms with E-state index in [1.54, 1.807) is 0 Å². The average Bonchev–Trinajstić information content (AvgIpc) is 2.87. The van der Waals surface area contributed by atoms with Gasteiger partial charge < -0.3 is 18.9 Å². The van der Waals surface area contributed by atoms with Crippen LogP contribution in [0.5, 0.6) is 0 Å². The van der Waals surface area contributed by atoms with E-state index in [9.17, 15) is 9.59 Å². The molecule has 7 heteroatoms. The van der Waals surface area contributed by atoms with E-state index in [1.165, 1.54) is 24.3 Å². The second-order valence-corrected chi connectivity index (χ2v) is 14.2. The summed E-state index contributed by atoms with van der Waals surface area (Å²) in [4.78, 5) is 24.8. The zero-order valence-corrected chi connectivity index (χ0v) is 24.7. The highest BCUT2D eigenvalue weighted by molar-refractivity contribution is 8.02. The largest absolute Gasteiger partial charge is 0.465 e. The van der Waals surface area contributed by atoms with Crippen molar-refractivity contribution >= 4 is 23.7 Å². The molecule has 5 saturated carbocycles. The van der Waals surface area contributed by atoms with Gasteiger partial charge in [0.05, 0.1) is 31.2 Å². The Kier molecular flexibility index (Phi) is 7.62. The maximum Gasteiger partial charge on any atom is 0.316 e. The summed E-state index contributed by atoms with van der Waals surface area (Å²) in [6.07, 6.45) is 10.2. The minimum atomic E-state index is -0.678. The number of carbonyl (C=O) groups is 2. The van der Waals surface area contributed by atoms with Crippen LogP contribution in [0.1, 0.15) is 86.0 Å². The zero-order chi connectivity index (χ0) is 27.3. The van der Waals surface area contributed by atoms with Gasteiger partial charge in [-0.05, 0) is 87.5 Å². The van der Waals surface area contributed by atoms with Gasteiger partial charge in [0, 0.05) is 23.2 Å². The Morgan fingerprint density at radius 1 is 1.08 bits per heavy atom. The normalized spacial score (nSPS) is 42.9. The predicted molar refractivity (Wildman–Crippen MR) is 148 cm³/mol. The van der Waals surface area contributed by atoms with Crippen LogP contribution >= 0.6 is 11.8 Å². The van der Waals surface area contributed by atoms with Crippen molar-refractivity contribution in [1.82, 2.24) is 0 Å². The molecular formula is C31H46O6S. The number of fused-ring (bicyclic) bond motifs is 2. The summed E-state index contributed by atoms with van der Waals surface area (Å²) in [5.74, 6) is 0.199. The van der Waals surface area contributed by atoms with E-state index in [0.717, 1.165) is 51.4 Å². The van der Waals surface area contributed by atoms with Gasteiger partial charge in [0.1, 0.15) is 0 Å². The Morgan fingerprint density at radius 2 is 1.87 bits per heavy atom. The number of hydrogen-bond donors (Lipinski definition) is 0. The van der Waals surface area contributed by atoms with Gasteiger partial charge in [-0.25, -0.2) is 0 Å². The Hall–Kier alpha value is -1.31. The molecule has 2 bridgehead atoms. The third-order valence-corrected chi connectivity index (χ3v) is 11.5. The molecule has 6 aliphatic rings. The van der Waals surface area contributed by atoms with E-state index in [2.05, 4.69) is 26.5 Å². The van der Waals surface area contributed by atoms with Crippen LogP contribution in [-0.2, 0) is 28.5 Å². The van der Waals surface area contributed by atoms with Crippen molar-refractivity contribution in [1.29, 1.82) is 0 Å². The molecule has 212 valence electrons. The maximum absolute atomic E-state index is 12.7. The number of rotatable bonds is 8. The lowest BCUT2D eigenvalue weighted by molar-refractivity contribution is -0.397. The monoisotopic (exact) mass is 546 g/mol. The summed E-state index contributed by atoms with van der Waals surface area (Å²) < 4.78 is 25.4. The molecule has 5 aliphatic carbocycles. The summed E-state index contributed by atoms with van der Waals surface area (Å²) in [6, 6.07) is 0. The van der Waals surface area contributed by atoms with Gasteiger partial charge in [-0.3, -0.25) is 9.59 Å². The smallest absolute Gasteiger partial charge is 0.316 e. The molecule has 1 saturated heterocycles.